The molecule has 1 fully saturated rings. The fourth-order valence-electron chi connectivity index (χ4n) is 3.90. The number of nitrogens with zero attached hydrogens (tertiary/aromatic N) is 2. The molecule has 156 valence electrons. The maximum absolute atomic E-state index is 9.59. The molecule has 0 saturated carbocycles. The van der Waals surface area contributed by atoms with Crippen LogP contribution in [0, 0.1) is 0 Å². The minimum absolute atomic E-state index is 0.313. The first-order valence-electron chi connectivity index (χ1n) is 10.8. The maximum atomic E-state index is 9.59. The van der Waals surface area contributed by atoms with Crippen LogP contribution in [0.5, 0.6) is 5.75 Å². The highest BCUT2D eigenvalue weighted by Crippen LogP contribution is 2.24. The van der Waals surface area contributed by atoms with E-state index in [-0.39, 0.29) is 0 Å². The molecule has 0 amide bonds. The molecule has 0 radical (unpaired) electrons. The summed E-state index contributed by atoms with van der Waals surface area (Å²) in [5.41, 5.74) is 2.49. The van der Waals surface area contributed by atoms with Gasteiger partial charge in [-0.15, -0.1) is 0 Å². The largest absolute Gasteiger partial charge is 0.508 e. The van der Waals surface area contributed by atoms with E-state index >= 15 is 0 Å². The molecule has 0 aromatic heterocycles. The second-order valence-electron chi connectivity index (χ2n) is 7.72. The van der Waals surface area contributed by atoms with Gasteiger partial charge in [0.1, 0.15) is 5.75 Å². The highest BCUT2D eigenvalue weighted by atomic mass is 16.3. The van der Waals surface area contributed by atoms with Crippen LogP contribution in [0.4, 0.5) is 0 Å². The molecule has 1 atom stereocenters. The van der Waals surface area contributed by atoms with Gasteiger partial charge in [-0.3, -0.25) is 9.89 Å². The van der Waals surface area contributed by atoms with E-state index < -0.39 is 0 Å². The normalized spacial score (nSPS) is 17.1. The summed E-state index contributed by atoms with van der Waals surface area (Å²) in [5.74, 6) is 1.20. The number of rotatable bonds is 7. The lowest BCUT2D eigenvalue weighted by Gasteiger charge is -2.37. The van der Waals surface area contributed by atoms with Crippen molar-refractivity contribution < 1.29 is 5.11 Å². The number of phenolic OH excluding ortho intramolecular Hbond substituents is 1. The van der Waals surface area contributed by atoms with Crippen molar-refractivity contribution in [2.45, 2.75) is 45.2 Å². The van der Waals surface area contributed by atoms with Crippen LogP contribution >= 0.6 is 0 Å². The number of phenols is 1. The van der Waals surface area contributed by atoms with Crippen LogP contribution < -0.4 is 10.6 Å². The van der Waals surface area contributed by atoms with Gasteiger partial charge in [-0.05, 0) is 56.4 Å². The van der Waals surface area contributed by atoms with Crippen molar-refractivity contribution in [3.05, 3.63) is 65.7 Å². The Morgan fingerprint density at radius 2 is 1.90 bits per heavy atom. The molecule has 0 bridgehead atoms. The first kappa shape index (κ1) is 21.2. The zero-order chi connectivity index (χ0) is 20.5. The van der Waals surface area contributed by atoms with Crippen LogP contribution in [-0.4, -0.2) is 48.2 Å². The molecule has 1 heterocycles. The number of hydrogen-bond acceptors (Lipinski definition) is 3. The van der Waals surface area contributed by atoms with Crippen LogP contribution in [0.1, 0.15) is 43.9 Å². The van der Waals surface area contributed by atoms with Crippen LogP contribution in [0.15, 0.2) is 59.6 Å². The summed E-state index contributed by atoms with van der Waals surface area (Å²) in [5, 5.41) is 16.6. The predicted octanol–water partition coefficient (Wildman–Crippen LogP) is 3.72. The standard InChI is InChI=1S/C24H34N4O/c1-3-25-24(26-15-12-20-8-7-11-23(29)18-20)27-22-13-16-28(17-14-22)19(2)21-9-5-4-6-10-21/h4-11,18-19,22,29H,3,12-17H2,1-2H3,(H2,25,26,27). The van der Waals surface area contributed by atoms with Crippen molar-refractivity contribution in [2.75, 3.05) is 26.2 Å². The van der Waals surface area contributed by atoms with E-state index in [0.717, 1.165) is 50.4 Å². The molecule has 2 aromatic rings. The van der Waals surface area contributed by atoms with Gasteiger partial charge in [0.2, 0.25) is 0 Å². The Labute approximate surface area is 174 Å². The smallest absolute Gasteiger partial charge is 0.191 e. The van der Waals surface area contributed by atoms with Crippen LogP contribution in [-0.2, 0) is 6.42 Å². The van der Waals surface area contributed by atoms with Crippen molar-refractivity contribution in [3.63, 3.8) is 0 Å². The number of guanidine groups is 1. The van der Waals surface area contributed by atoms with Crippen molar-refractivity contribution in [2.24, 2.45) is 4.99 Å². The van der Waals surface area contributed by atoms with Gasteiger partial charge in [-0.25, -0.2) is 0 Å². The van der Waals surface area contributed by atoms with Crippen LogP contribution in [0.25, 0.3) is 0 Å². The van der Waals surface area contributed by atoms with Crippen molar-refractivity contribution in [1.29, 1.82) is 0 Å². The molecule has 1 unspecified atom stereocenters. The van der Waals surface area contributed by atoms with Gasteiger partial charge in [-0.1, -0.05) is 42.5 Å². The lowest BCUT2D eigenvalue weighted by atomic mass is 10.0. The molecule has 1 aliphatic heterocycles. The molecule has 3 rings (SSSR count). The highest BCUT2D eigenvalue weighted by molar-refractivity contribution is 5.80. The molecule has 5 nitrogen and oxygen atoms in total. The predicted molar refractivity (Wildman–Crippen MR) is 120 cm³/mol. The minimum atomic E-state index is 0.313. The molecule has 0 aliphatic carbocycles. The SMILES string of the molecule is CCNC(=NCCc1cccc(O)c1)NC1CCN(C(C)c2ccccc2)CC1. The number of aliphatic imine (C=N–C) groups is 1. The molecule has 0 spiro atoms. The van der Waals surface area contributed by atoms with Crippen molar-refractivity contribution in [3.8, 4) is 5.75 Å². The quantitative estimate of drug-likeness (QED) is 0.495. The Hall–Kier alpha value is -2.53. The number of nitrogens with one attached hydrogen (secondary N) is 2. The van der Waals surface area contributed by atoms with E-state index in [1.165, 1.54) is 5.56 Å². The average molecular weight is 395 g/mol. The van der Waals surface area contributed by atoms with Gasteiger partial charge < -0.3 is 15.7 Å². The van der Waals surface area contributed by atoms with Gasteiger partial charge in [0.05, 0.1) is 0 Å². The molecular weight excluding hydrogens is 360 g/mol. The zero-order valence-electron chi connectivity index (χ0n) is 17.6. The van der Waals surface area contributed by atoms with Gasteiger partial charge in [0.15, 0.2) is 5.96 Å². The van der Waals surface area contributed by atoms with Crippen LogP contribution in [0.2, 0.25) is 0 Å². The van der Waals surface area contributed by atoms with E-state index in [9.17, 15) is 5.11 Å². The Morgan fingerprint density at radius 3 is 2.59 bits per heavy atom. The van der Waals surface area contributed by atoms with E-state index in [1.807, 2.05) is 12.1 Å². The summed E-state index contributed by atoms with van der Waals surface area (Å²) in [4.78, 5) is 7.30. The Kier molecular flexibility index (Phi) is 7.94. The third-order valence-corrected chi connectivity index (χ3v) is 5.63. The fraction of sp³-hybridized carbons (Fsp3) is 0.458. The summed E-state index contributed by atoms with van der Waals surface area (Å²) < 4.78 is 0. The second kappa shape index (κ2) is 10.9. The van der Waals surface area contributed by atoms with Gasteiger partial charge >= 0.3 is 0 Å². The summed E-state index contributed by atoms with van der Waals surface area (Å²) in [6.45, 7) is 8.13. The minimum Gasteiger partial charge on any atom is -0.508 e. The van der Waals surface area contributed by atoms with E-state index in [1.54, 1.807) is 12.1 Å². The van der Waals surface area contributed by atoms with E-state index in [2.05, 4.69) is 59.7 Å². The third kappa shape index (κ3) is 6.50. The number of aromatic hydroxyl groups is 1. The Morgan fingerprint density at radius 1 is 1.14 bits per heavy atom. The average Bonchev–Trinajstić information content (AvgIpc) is 2.75. The number of benzene rings is 2. The fourth-order valence-corrected chi connectivity index (χ4v) is 3.90. The molecule has 1 saturated heterocycles. The second-order valence-corrected chi connectivity index (χ2v) is 7.72. The van der Waals surface area contributed by atoms with Gasteiger partial charge in [0, 0.05) is 38.3 Å². The Balaban J connectivity index is 1.48. The lowest BCUT2D eigenvalue weighted by molar-refractivity contribution is 0.158. The van der Waals surface area contributed by atoms with Crippen molar-refractivity contribution in [1.82, 2.24) is 15.5 Å². The first-order chi connectivity index (χ1) is 14.2. The maximum Gasteiger partial charge on any atom is 0.191 e. The van der Waals surface area contributed by atoms with Gasteiger partial charge in [0.25, 0.3) is 0 Å². The Bertz CT molecular complexity index is 769. The summed E-state index contributed by atoms with van der Waals surface area (Å²) in [7, 11) is 0. The highest BCUT2D eigenvalue weighted by Gasteiger charge is 2.23. The molecule has 3 N–H and O–H groups in total. The van der Waals surface area contributed by atoms with Crippen molar-refractivity contribution >= 4 is 5.96 Å². The van der Waals surface area contributed by atoms with Gasteiger partial charge in [-0.2, -0.15) is 0 Å². The monoisotopic (exact) mass is 394 g/mol. The lowest BCUT2D eigenvalue weighted by Crippen LogP contribution is -2.49. The molecular formula is C24H34N4O. The summed E-state index contributed by atoms with van der Waals surface area (Å²) >= 11 is 0. The van der Waals surface area contributed by atoms with Crippen LogP contribution in [0.3, 0.4) is 0 Å². The topological polar surface area (TPSA) is 59.9 Å². The number of piperidine rings is 1. The molecule has 29 heavy (non-hydrogen) atoms. The number of likely N-dealkylation sites (tertiary alicyclic amines) is 1. The zero-order valence-corrected chi connectivity index (χ0v) is 17.6. The van der Waals surface area contributed by atoms with E-state index in [4.69, 9.17) is 4.99 Å². The van der Waals surface area contributed by atoms with E-state index in [0.29, 0.717) is 24.4 Å². The summed E-state index contributed by atoms with van der Waals surface area (Å²) in [6, 6.07) is 19.1. The molecule has 1 aliphatic rings. The molecule has 5 heteroatoms. The summed E-state index contributed by atoms with van der Waals surface area (Å²) in [6.07, 6.45) is 3.06. The number of hydrogen-bond donors (Lipinski definition) is 3. The first-order valence-corrected chi connectivity index (χ1v) is 10.8. The molecule has 2 aromatic carbocycles. The third-order valence-electron chi connectivity index (χ3n) is 5.63.